The third-order valence-electron chi connectivity index (χ3n) is 3.09. The van der Waals surface area contributed by atoms with Crippen LogP contribution >= 0.6 is 0 Å². The van der Waals surface area contributed by atoms with Crippen LogP contribution in [-0.4, -0.2) is 37.1 Å². The van der Waals surface area contributed by atoms with Gasteiger partial charge in [0.25, 0.3) is 0 Å². The molecule has 0 radical (unpaired) electrons. The molecule has 0 aliphatic carbocycles. The van der Waals surface area contributed by atoms with Crippen molar-refractivity contribution in [3.8, 4) is 0 Å². The molecular weight excluding hydrogens is 172 g/mol. The molecule has 0 unspecified atom stereocenters. The molecule has 1 saturated heterocycles. The lowest BCUT2D eigenvalue weighted by Gasteiger charge is -2.20. The third-order valence-corrected chi connectivity index (χ3v) is 3.09. The van der Waals surface area contributed by atoms with Gasteiger partial charge in [0.15, 0.2) is 0 Å². The van der Waals surface area contributed by atoms with Crippen LogP contribution in [0.15, 0.2) is 0 Å². The van der Waals surface area contributed by atoms with Crippen molar-refractivity contribution in [1.29, 1.82) is 0 Å². The number of likely N-dealkylation sites (tertiary alicyclic amines) is 1. The molecule has 0 spiro atoms. The minimum Gasteiger partial charge on any atom is -0.310 e. The van der Waals surface area contributed by atoms with E-state index in [0.717, 1.165) is 12.0 Å². The molecule has 0 aromatic rings. The van der Waals surface area contributed by atoms with Crippen molar-refractivity contribution in [3.63, 3.8) is 0 Å². The van der Waals surface area contributed by atoms with E-state index >= 15 is 0 Å². The zero-order valence-corrected chi connectivity index (χ0v) is 10.2. The number of likely N-dealkylation sites (N-methyl/N-ethyl adjacent to an activating group) is 1. The predicted octanol–water partition coefficient (Wildman–Crippen LogP) is 2.10. The summed E-state index contributed by atoms with van der Waals surface area (Å²) in [5.74, 6) is 0.838. The van der Waals surface area contributed by atoms with Crippen LogP contribution in [0.1, 0.15) is 40.0 Å². The molecular formula is C12H26N2. The van der Waals surface area contributed by atoms with Gasteiger partial charge in [-0.05, 0) is 45.7 Å². The Balaban J connectivity index is 2.10. The standard InChI is InChI=1S/C12H26N2/c1-10(2)5-6-11(3)13-12-7-8-14(4)9-12/h10-13H,5-9H2,1-4H3/t11-,12+/m0/s1. The van der Waals surface area contributed by atoms with Gasteiger partial charge in [-0.25, -0.2) is 0 Å². The highest BCUT2D eigenvalue weighted by atomic mass is 15.2. The summed E-state index contributed by atoms with van der Waals surface area (Å²) in [4.78, 5) is 2.41. The molecule has 14 heavy (non-hydrogen) atoms. The van der Waals surface area contributed by atoms with Gasteiger partial charge in [-0.2, -0.15) is 0 Å². The van der Waals surface area contributed by atoms with E-state index in [1.165, 1.54) is 32.4 Å². The van der Waals surface area contributed by atoms with E-state index in [0.29, 0.717) is 6.04 Å². The summed E-state index contributed by atoms with van der Waals surface area (Å²) in [7, 11) is 2.21. The quantitative estimate of drug-likeness (QED) is 0.728. The maximum atomic E-state index is 3.72. The molecule has 1 rings (SSSR count). The van der Waals surface area contributed by atoms with Gasteiger partial charge in [0, 0.05) is 18.6 Å². The molecule has 2 nitrogen and oxygen atoms in total. The average Bonchev–Trinajstić information content (AvgIpc) is 2.48. The second kappa shape index (κ2) is 5.72. The predicted molar refractivity (Wildman–Crippen MR) is 62.6 cm³/mol. The van der Waals surface area contributed by atoms with E-state index < -0.39 is 0 Å². The first-order chi connectivity index (χ1) is 6.58. The first kappa shape index (κ1) is 12.0. The van der Waals surface area contributed by atoms with Crippen LogP contribution < -0.4 is 5.32 Å². The topological polar surface area (TPSA) is 15.3 Å². The van der Waals surface area contributed by atoms with E-state index in [-0.39, 0.29) is 0 Å². The molecule has 84 valence electrons. The Morgan fingerprint density at radius 2 is 2.00 bits per heavy atom. The number of rotatable bonds is 5. The minimum atomic E-state index is 0.689. The lowest BCUT2D eigenvalue weighted by Crippen LogP contribution is -2.38. The summed E-state index contributed by atoms with van der Waals surface area (Å²) < 4.78 is 0. The third kappa shape index (κ3) is 4.43. The number of nitrogens with zero attached hydrogens (tertiary/aromatic N) is 1. The Hall–Kier alpha value is -0.0800. The number of hydrogen-bond acceptors (Lipinski definition) is 2. The summed E-state index contributed by atoms with van der Waals surface area (Å²) in [6.45, 7) is 9.41. The Labute approximate surface area is 89.1 Å². The summed E-state index contributed by atoms with van der Waals surface area (Å²) >= 11 is 0. The molecule has 1 aliphatic heterocycles. The van der Waals surface area contributed by atoms with Crippen molar-refractivity contribution in [3.05, 3.63) is 0 Å². The molecule has 0 bridgehead atoms. The first-order valence-corrected chi connectivity index (χ1v) is 6.02. The van der Waals surface area contributed by atoms with Gasteiger partial charge < -0.3 is 10.2 Å². The lowest BCUT2D eigenvalue weighted by molar-refractivity contribution is 0.370. The Kier molecular flexibility index (Phi) is 4.90. The summed E-state index contributed by atoms with van der Waals surface area (Å²) in [5.41, 5.74) is 0. The monoisotopic (exact) mass is 198 g/mol. The summed E-state index contributed by atoms with van der Waals surface area (Å²) in [6.07, 6.45) is 3.98. The van der Waals surface area contributed by atoms with Crippen molar-refractivity contribution in [1.82, 2.24) is 10.2 Å². The Bertz CT molecular complexity index is 156. The normalized spacial score (nSPS) is 25.9. The van der Waals surface area contributed by atoms with Crippen LogP contribution in [0.4, 0.5) is 0 Å². The van der Waals surface area contributed by atoms with E-state index in [4.69, 9.17) is 0 Å². The van der Waals surface area contributed by atoms with E-state index in [1.807, 2.05) is 0 Å². The fraction of sp³-hybridized carbons (Fsp3) is 1.00. The Morgan fingerprint density at radius 1 is 1.29 bits per heavy atom. The first-order valence-electron chi connectivity index (χ1n) is 6.02. The smallest absolute Gasteiger partial charge is 0.0209 e. The molecule has 2 atom stereocenters. The van der Waals surface area contributed by atoms with Gasteiger partial charge in [0.05, 0.1) is 0 Å². The molecule has 1 fully saturated rings. The Morgan fingerprint density at radius 3 is 2.50 bits per heavy atom. The van der Waals surface area contributed by atoms with Crippen LogP contribution in [-0.2, 0) is 0 Å². The fourth-order valence-corrected chi connectivity index (χ4v) is 2.14. The van der Waals surface area contributed by atoms with Crippen LogP contribution in [0.2, 0.25) is 0 Å². The largest absolute Gasteiger partial charge is 0.310 e. The maximum absolute atomic E-state index is 3.72. The minimum absolute atomic E-state index is 0.689. The fourth-order valence-electron chi connectivity index (χ4n) is 2.14. The summed E-state index contributed by atoms with van der Waals surface area (Å²) in [5, 5.41) is 3.72. The van der Waals surface area contributed by atoms with E-state index in [9.17, 15) is 0 Å². The molecule has 1 N–H and O–H groups in total. The van der Waals surface area contributed by atoms with Gasteiger partial charge in [-0.15, -0.1) is 0 Å². The zero-order valence-electron chi connectivity index (χ0n) is 10.2. The maximum Gasteiger partial charge on any atom is 0.0209 e. The highest BCUT2D eigenvalue weighted by Gasteiger charge is 2.20. The molecule has 0 amide bonds. The molecule has 1 heterocycles. The molecule has 2 heteroatoms. The SMILES string of the molecule is CC(C)CC[C@H](C)N[C@@H]1CCN(C)C1. The van der Waals surface area contributed by atoms with Gasteiger partial charge in [-0.1, -0.05) is 13.8 Å². The van der Waals surface area contributed by atoms with Gasteiger partial charge in [0.2, 0.25) is 0 Å². The summed E-state index contributed by atoms with van der Waals surface area (Å²) in [6, 6.07) is 1.43. The molecule has 0 aromatic heterocycles. The van der Waals surface area contributed by atoms with Crippen molar-refractivity contribution >= 4 is 0 Å². The highest BCUT2D eigenvalue weighted by molar-refractivity contribution is 4.81. The van der Waals surface area contributed by atoms with Crippen LogP contribution in [0.3, 0.4) is 0 Å². The van der Waals surface area contributed by atoms with Crippen LogP contribution in [0.5, 0.6) is 0 Å². The second-order valence-corrected chi connectivity index (χ2v) is 5.29. The molecule has 0 aromatic carbocycles. The van der Waals surface area contributed by atoms with Crippen LogP contribution in [0, 0.1) is 5.92 Å². The van der Waals surface area contributed by atoms with E-state index in [1.54, 1.807) is 0 Å². The van der Waals surface area contributed by atoms with Crippen molar-refractivity contribution in [2.24, 2.45) is 5.92 Å². The van der Waals surface area contributed by atoms with E-state index in [2.05, 4.69) is 38.0 Å². The van der Waals surface area contributed by atoms with Crippen molar-refractivity contribution in [2.75, 3.05) is 20.1 Å². The number of hydrogen-bond donors (Lipinski definition) is 1. The lowest BCUT2D eigenvalue weighted by atomic mass is 10.0. The average molecular weight is 198 g/mol. The van der Waals surface area contributed by atoms with Crippen LogP contribution in [0.25, 0.3) is 0 Å². The van der Waals surface area contributed by atoms with Crippen molar-refractivity contribution in [2.45, 2.75) is 52.1 Å². The van der Waals surface area contributed by atoms with Gasteiger partial charge >= 0.3 is 0 Å². The highest BCUT2D eigenvalue weighted by Crippen LogP contribution is 2.10. The second-order valence-electron chi connectivity index (χ2n) is 5.29. The molecule has 1 aliphatic rings. The number of nitrogens with one attached hydrogen (secondary N) is 1. The van der Waals surface area contributed by atoms with Crippen molar-refractivity contribution < 1.29 is 0 Å². The molecule has 0 saturated carbocycles. The van der Waals surface area contributed by atoms with Gasteiger partial charge in [0.1, 0.15) is 0 Å². The zero-order chi connectivity index (χ0) is 10.6. The van der Waals surface area contributed by atoms with Gasteiger partial charge in [-0.3, -0.25) is 0 Å².